The second-order valence-electron chi connectivity index (χ2n) is 4.79. The quantitative estimate of drug-likeness (QED) is 0.766. The van der Waals surface area contributed by atoms with Crippen LogP contribution in [0.4, 0.5) is 5.69 Å². The van der Waals surface area contributed by atoms with Crippen molar-refractivity contribution in [2.75, 3.05) is 5.32 Å². The molecule has 1 amide bonds. The number of fused-ring (bicyclic) bond motifs is 1. The lowest BCUT2D eigenvalue weighted by Crippen LogP contribution is -2.25. The molecule has 0 aliphatic heterocycles. The molecule has 0 atom stereocenters. The minimum Gasteiger partial charge on any atom is -0.321 e. The van der Waals surface area contributed by atoms with E-state index in [4.69, 9.17) is 0 Å². The zero-order valence-corrected chi connectivity index (χ0v) is 13.3. The van der Waals surface area contributed by atoms with E-state index in [9.17, 15) is 9.59 Å². The lowest BCUT2D eigenvalue weighted by atomic mass is 10.1. The van der Waals surface area contributed by atoms with Gasteiger partial charge in [0.1, 0.15) is 0 Å². The molecule has 5 nitrogen and oxygen atoms in total. The van der Waals surface area contributed by atoms with Crippen molar-refractivity contribution in [1.82, 2.24) is 9.78 Å². The standard InChI is InChI=1S/C16H12BrN3O2/c1-20-16(22)13-8-3-2-7-12(13)14(19-20)15(21)18-11-6-4-5-10(17)9-11/h2-9H,1H3,(H,18,21). The van der Waals surface area contributed by atoms with Gasteiger partial charge in [-0.3, -0.25) is 9.59 Å². The predicted octanol–water partition coefficient (Wildman–Crippen LogP) is 2.95. The molecule has 22 heavy (non-hydrogen) atoms. The van der Waals surface area contributed by atoms with Gasteiger partial charge in [0.2, 0.25) is 0 Å². The summed E-state index contributed by atoms with van der Waals surface area (Å²) in [5, 5.41) is 7.90. The molecule has 3 aromatic rings. The molecule has 0 bridgehead atoms. The van der Waals surface area contributed by atoms with E-state index in [2.05, 4.69) is 26.3 Å². The normalized spacial score (nSPS) is 10.6. The van der Waals surface area contributed by atoms with Gasteiger partial charge in [-0.2, -0.15) is 5.10 Å². The maximum absolute atomic E-state index is 12.5. The third-order valence-corrected chi connectivity index (χ3v) is 3.75. The largest absolute Gasteiger partial charge is 0.321 e. The van der Waals surface area contributed by atoms with Gasteiger partial charge in [-0.25, -0.2) is 4.68 Å². The van der Waals surface area contributed by atoms with Crippen molar-refractivity contribution >= 4 is 38.3 Å². The Balaban J connectivity index is 2.08. The van der Waals surface area contributed by atoms with E-state index in [-0.39, 0.29) is 17.2 Å². The third kappa shape index (κ3) is 2.65. The number of aryl methyl sites for hydroxylation is 1. The molecule has 1 aromatic heterocycles. The molecule has 0 aliphatic rings. The molecule has 0 radical (unpaired) electrons. The zero-order valence-electron chi connectivity index (χ0n) is 11.7. The fourth-order valence-electron chi connectivity index (χ4n) is 2.22. The fraction of sp³-hybridized carbons (Fsp3) is 0.0625. The smallest absolute Gasteiger partial charge is 0.276 e. The van der Waals surface area contributed by atoms with Gasteiger partial charge in [-0.05, 0) is 24.3 Å². The Labute approximate surface area is 134 Å². The van der Waals surface area contributed by atoms with Crippen LogP contribution in [0.5, 0.6) is 0 Å². The van der Waals surface area contributed by atoms with Crippen LogP contribution in [0.25, 0.3) is 10.8 Å². The molecule has 1 N–H and O–H groups in total. The van der Waals surface area contributed by atoms with Crippen molar-refractivity contribution in [3.05, 3.63) is 69.1 Å². The molecule has 1 heterocycles. The lowest BCUT2D eigenvalue weighted by Gasteiger charge is -2.09. The van der Waals surface area contributed by atoms with E-state index >= 15 is 0 Å². The van der Waals surface area contributed by atoms with Crippen molar-refractivity contribution in [2.24, 2.45) is 7.05 Å². The van der Waals surface area contributed by atoms with Gasteiger partial charge in [-0.15, -0.1) is 0 Å². The Morgan fingerprint density at radius 1 is 1.14 bits per heavy atom. The number of benzene rings is 2. The number of amides is 1. The van der Waals surface area contributed by atoms with Crippen molar-refractivity contribution in [2.45, 2.75) is 0 Å². The van der Waals surface area contributed by atoms with Crippen molar-refractivity contribution in [1.29, 1.82) is 0 Å². The Kier molecular flexibility index (Phi) is 3.77. The Morgan fingerprint density at radius 2 is 1.86 bits per heavy atom. The number of hydrogen-bond acceptors (Lipinski definition) is 3. The van der Waals surface area contributed by atoms with E-state index in [0.717, 1.165) is 4.47 Å². The topological polar surface area (TPSA) is 64.0 Å². The van der Waals surface area contributed by atoms with E-state index in [0.29, 0.717) is 16.5 Å². The summed E-state index contributed by atoms with van der Waals surface area (Å²) in [7, 11) is 1.53. The summed E-state index contributed by atoms with van der Waals surface area (Å²) >= 11 is 3.36. The van der Waals surface area contributed by atoms with Crippen LogP contribution >= 0.6 is 15.9 Å². The van der Waals surface area contributed by atoms with E-state index in [1.165, 1.54) is 11.7 Å². The zero-order chi connectivity index (χ0) is 15.7. The van der Waals surface area contributed by atoms with Gasteiger partial charge >= 0.3 is 0 Å². The molecule has 0 fully saturated rings. The molecule has 3 rings (SSSR count). The van der Waals surface area contributed by atoms with Crippen molar-refractivity contribution in [3.8, 4) is 0 Å². The molecule has 110 valence electrons. The van der Waals surface area contributed by atoms with Gasteiger partial charge in [0.15, 0.2) is 5.69 Å². The summed E-state index contributed by atoms with van der Waals surface area (Å²) in [5.41, 5.74) is 0.645. The maximum Gasteiger partial charge on any atom is 0.276 e. The summed E-state index contributed by atoms with van der Waals surface area (Å²) in [5.74, 6) is -0.357. The van der Waals surface area contributed by atoms with E-state index in [1.54, 1.807) is 36.4 Å². The second-order valence-corrected chi connectivity index (χ2v) is 5.70. The Hall–Kier alpha value is -2.47. The van der Waals surface area contributed by atoms with Crippen molar-refractivity contribution in [3.63, 3.8) is 0 Å². The number of aromatic nitrogens is 2. The number of anilines is 1. The van der Waals surface area contributed by atoms with E-state index in [1.807, 2.05) is 12.1 Å². The van der Waals surface area contributed by atoms with Gasteiger partial charge in [0, 0.05) is 22.6 Å². The van der Waals surface area contributed by atoms with E-state index < -0.39 is 0 Å². The first kappa shape index (κ1) is 14.5. The minimum absolute atomic E-state index is 0.220. The van der Waals surface area contributed by atoms with Crippen molar-refractivity contribution < 1.29 is 4.79 Å². The minimum atomic E-state index is -0.357. The maximum atomic E-state index is 12.5. The Bertz CT molecular complexity index is 934. The highest BCUT2D eigenvalue weighted by atomic mass is 79.9. The van der Waals surface area contributed by atoms with Crippen LogP contribution in [-0.4, -0.2) is 15.7 Å². The Morgan fingerprint density at radius 3 is 2.59 bits per heavy atom. The van der Waals surface area contributed by atoms with Crippen LogP contribution in [0, 0.1) is 0 Å². The lowest BCUT2D eigenvalue weighted by molar-refractivity contribution is 0.102. The van der Waals surface area contributed by atoms with Crippen LogP contribution in [0.15, 0.2) is 57.8 Å². The highest BCUT2D eigenvalue weighted by molar-refractivity contribution is 9.10. The van der Waals surface area contributed by atoms with Gasteiger partial charge in [0.25, 0.3) is 11.5 Å². The van der Waals surface area contributed by atoms with Crippen LogP contribution in [0.3, 0.4) is 0 Å². The first-order chi connectivity index (χ1) is 10.6. The summed E-state index contributed by atoms with van der Waals surface area (Å²) in [6.45, 7) is 0. The highest BCUT2D eigenvalue weighted by Gasteiger charge is 2.15. The molecular weight excluding hydrogens is 346 g/mol. The number of carbonyl (C=O) groups excluding carboxylic acids is 1. The first-order valence-electron chi connectivity index (χ1n) is 6.59. The predicted molar refractivity (Wildman–Crippen MR) is 89.1 cm³/mol. The summed E-state index contributed by atoms with van der Waals surface area (Å²) in [4.78, 5) is 24.6. The number of hydrogen-bond donors (Lipinski definition) is 1. The van der Waals surface area contributed by atoms with Crippen LogP contribution < -0.4 is 10.9 Å². The highest BCUT2D eigenvalue weighted by Crippen LogP contribution is 2.18. The fourth-order valence-corrected chi connectivity index (χ4v) is 2.62. The monoisotopic (exact) mass is 357 g/mol. The summed E-state index contributed by atoms with van der Waals surface area (Å²) in [6.07, 6.45) is 0. The number of halogens is 1. The van der Waals surface area contributed by atoms with Gasteiger partial charge in [0.05, 0.1) is 5.39 Å². The first-order valence-corrected chi connectivity index (χ1v) is 7.38. The van der Waals surface area contributed by atoms with Crippen LogP contribution in [0.2, 0.25) is 0 Å². The molecule has 0 saturated heterocycles. The molecule has 0 saturated carbocycles. The number of rotatable bonds is 2. The molecule has 0 aliphatic carbocycles. The number of nitrogens with one attached hydrogen (secondary N) is 1. The molecular formula is C16H12BrN3O2. The number of nitrogens with zero attached hydrogens (tertiary/aromatic N) is 2. The van der Waals surface area contributed by atoms with Gasteiger partial charge in [-0.1, -0.05) is 40.2 Å². The number of carbonyl (C=O) groups is 1. The average molecular weight is 358 g/mol. The molecule has 0 spiro atoms. The third-order valence-electron chi connectivity index (χ3n) is 3.25. The van der Waals surface area contributed by atoms with Crippen LogP contribution in [0.1, 0.15) is 10.5 Å². The molecule has 2 aromatic carbocycles. The molecule has 6 heteroatoms. The average Bonchev–Trinajstić information content (AvgIpc) is 2.51. The summed E-state index contributed by atoms with van der Waals surface area (Å²) in [6, 6.07) is 14.2. The molecule has 0 unspecified atom stereocenters. The SMILES string of the molecule is Cn1nc(C(=O)Nc2cccc(Br)c2)c2ccccc2c1=O. The second kappa shape index (κ2) is 5.73. The van der Waals surface area contributed by atoms with Gasteiger partial charge < -0.3 is 5.32 Å². The van der Waals surface area contributed by atoms with Crippen LogP contribution in [-0.2, 0) is 7.05 Å². The summed E-state index contributed by atoms with van der Waals surface area (Å²) < 4.78 is 2.04.